The predicted molar refractivity (Wildman–Crippen MR) is 154 cm³/mol. The SMILES string of the molecule is CCOc1ccc(Cl)cc1CNC(=O)N[C@@H](Cc1ccccc1)c1nc(-c2ccc3c(N)n[nH]c3c2)c(Cl)[nH]1. The normalized spacial score (nSPS) is 11.9. The number of halogens is 2. The van der Waals surface area contributed by atoms with E-state index in [0.717, 1.165) is 27.6 Å². The molecule has 2 amide bonds. The molecule has 11 heteroatoms. The summed E-state index contributed by atoms with van der Waals surface area (Å²) in [6, 6.07) is 19.9. The minimum atomic E-state index is -0.490. The number of hydrogen-bond acceptors (Lipinski definition) is 5. The Hall–Kier alpha value is -4.21. The van der Waals surface area contributed by atoms with Crippen LogP contribution in [0, 0.1) is 0 Å². The number of aromatic amines is 2. The van der Waals surface area contributed by atoms with E-state index in [1.54, 1.807) is 18.2 Å². The number of hydrogen-bond donors (Lipinski definition) is 5. The number of ether oxygens (including phenoxy) is 1. The monoisotopic (exact) mass is 563 g/mol. The van der Waals surface area contributed by atoms with Crippen LogP contribution in [-0.4, -0.2) is 32.8 Å². The Bertz CT molecular complexity index is 1600. The van der Waals surface area contributed by atoms with Crippen LogP contribution in [0.5, 0.6) is 5.75 Å². The molecular weight excluding hydrogens is 537 g/mol. The fraction of sp³-hybridized carbons (Fsp3) is 0.179. The van der Waals surface area contributed by atoms with Gasteiger partial charge in [-0.1, -0.05) is 59.6 Å². The number of carbonyl (C=O) groups excluding carboxylic acids is 1. The molecule has 5 aromatic rings. The number of urea groups is 1. The fourth-order valence-corrected chi connectivity index (χ4v) is 4.79. The molecule has 0 saturated carbocycles. The summed E-state index contributed by atoms with van der Waals surface area (Å²) < 4.78 is 5.67. The molecule has 0 fully saturated rings. The number of nitrogen functional groups attached to an aromatic ring is 1. The van der Waals surface area contributed by atoms with Gasteiger partial charge in [0.1, 0.15) is 22.4 Å². The van der Waals surface area contributed by atoms with Crippen molar-refractivity contribution in [2.45, 2.75) is 25.9 Å². The second kappa shape index (κ2) is 11.7. The van der Waals surface area contributed by atoms with Crippen molar-refractivity contribution in [3.05, 3.63) is 93.9 Å². The van der Waals surface area contributed by atoms with Gasteiger partial charge in [-0.2, -0.15) is 5.10 Å². The molecular formula is C28H27Cl2N7O2. The summed E-state index contributed by atoms with van der Waals surface area (Å²) in [7, 11) is 0. The summed E-state index contributed by atoms with van der Waals surface area (Å²) in [5.74, 6) is 1.62. The Morgan fingerprint density at radius 2 is 1.92 bits per heavy atom. The van der Waals surface area contributed by atoms with E-state index in [-0.39, 0.29) is 12.6 Å². The Morgan fingerprint density at radius 1 is 1.10 bits per heavy atom. The number of fused-ring (bicyclic) bond motifs is 1. The van der Waals surface area contributed by atoms with Crippen molar-refractivity contribution in [3.63, 3.8) is 0 Å². The lowest BCUT2D eigenvalue weighted by Crippen LogP contribution is -2.38. The zero-order valence-corrected chi connectivity index (χ0v) is 22.6. The van der Waals surface area contributed by atoms with Crippen molar-refractivity contribution in [2.24, 2.45) is 0 Å². The van der Waals surface area contributed by atoms with E-state index in [4.69, 9.17) is 38.7 Å². The highest BCUT2D eigenvalue weighted by Gasteiger charge is 2.22. The van der Waals surface area contributed by atoms with Gasteiger partial charge in [0.25, 0.3) is 0 Å². The molecule has 6 N–H and O–H groups in total. The molecule has 5 rings (SSSR count). The number of imidazole rings is 1. The van der Waals surface area contributed by atoms with Gasteiger partial charge in [0.2, 0.25) is 0 Å². The van der Waals surface area contributed by atoms with Crippen molar-refractivity contribution < 1.29 is 9.53 Å². The number of H-pyrrole nitrogens is 2. The first-order valence-electron chi connectivity index (χ1n) is 12.4. The second-order valence-electron chi connectivity index (χ2n) is 8.91. The van der Waals surface area contributed by atoms with Crippen LogP contribution in [-0.2, 0) is 13.0 Å². The van der Waals surface area contributed by atoms with Gasteiger partial charge in [-0.25, -0.2) is 9.78 Å². The van der Waals surface area contributed by atoms with Crippen LogP contribution in [0.1, 0.15) is 29.9 Å². The summed E-state index contributed by atoms with van der Waals surface area (Å²) >= 11 is 12.8. The van der Waals surface area contributed by atoms with Crippen LogP contribution in [0.3, 0.4) is 0 Å². The summed E-state index contributed by atoms with van der Waals surface area (Å²) in [5, 5.41) is 14.6. The number of amides is 2. The maximum Gasteiger partial charge on any atom is 0.315 e. The number of nitrogens with two attached hydrogens (primary N) is 1. The van der Waals surface area contributed by atoms with Crippen molar-refractivity contribution >= 4 is 46.0 Å². The summed E-state index contributed by atoms with van der Waals surface area (Å²) in [6.45, 7) is 2.64. The minimum absolute atomic E-state index is 0.233. The van der Waals surface area contributed by atoms with Crippen molar-refractivity contribution in [1.82, 2.24) is 30.8 Å². The first-order chi connectivity index (χ1) is 18.9. The number of nitrogens with one attached hydrogen (secondary N) is 4. The molecule has 39 heavy (non-hydrogen) atoms. The molecule has 1 atom stereocenters. The first-order valence-corrected chi connectivity index (χ1v) is 13.2. The lowest BCUT2D eigenvalue weighted by atomic mass is 10.1. The zero-order valence-electron chi connectivity index (χ0n) is 21.1. The van der Waals surface area contributed by atoms with Crippen LogP contribution >= 0.6 is 23.2 Å². The standard InChI is InChI=1S/C28H27Cl2N7O2/c1-2-39-23-11-9-19(29)13-18(23)15-32-28(38)33-22(12-16-6-4-3-5-7-16)27-34-24(25(30)35-27)17-8-10-20-21(14-17)36-37-26(20)31/h3-11,13-14,22H,2,12,15H2,1H3,(H,34,35)(H3,31,36,37)(H2,32,33,38)/t22-/m0/s1. The Balaban J connectivity index is 1.38. The molecule has 200 valence electrons. The van der Waals surface area contributed by atoms with E-state index >= 15 is 0 Å². The van der Waals surface area contributed by atoms with Crippen LogP contribution in [0.2, 0.25) is 10.2 Å². The van der Waals surface area contributed by atoms with Gasteiger partial charge in [0, 0.05) is 28.1 Å². The maximum atomic E-state index is 13.1. The van der Waals surface area contributed by atoms with Gasteiger partial charge in [0.15, 0.2) is 5.82 Å². The van der Waals surface area contributed by atoms with E-state index in [2.05, 4.69) is 25.8 Å². The van der Waals surface area contributed by atoms with Crippen LogP contribution in [0.15, 0.2) is 66.7 Å². The maximum absolute atomic E-state index is 13.1. The Kier molecular flexibility index (Phi) is 7.90. The highest BCUT2D eigenvalue weighted by Crippen LogP contribution is 2.31. The van der Waals surface area contributed by atoms with Gasteiger partial charge in [-0.3, -0.25) is 5.10 Å². The van der Waals surface area contributed by atoms with Crippen molar-refractivity contribution in [3.8, 4) is 17.0 Å². The molecule has 0 aliphatic heterocycles. The van der Waals surface area contributed by atoms with E-state index in [9.17, 15) is 4.79 Å². The molecule has 2 heterocycles. The Labute approximate surface area is 235 Å². The molecule has 0 aliphatic rings. The Morgan fingerprint density at radius 3 is 2.72 bits per heavy atom. The fourth-order valence-electron chi connectivity index (χ4n) is 4.35. The summed E-state index contributed by atoms with van der Waals surface area (Å²) in [5.41, 5.74) is 9.82. The average molecular weight is 564 g/mol. The molecule has 9 nitrogen and oxygen atoms in total. The van der Waals surface area contributed by atoms with E-state index in [1.807, 2.05) is 55.5 Å². The van der Waals surface area contributed by atoms with E-state index < -0.39 is 6.04 Å². The van der Waals surface area contributed by atoms with Crippen LogP contribution in [0.25, 0.3) is 22.2 Å². The average Bonchev–Trinajstić information content (AvgIpc) is 3.51. The highest BCUT2D eigenvalue weighted by molar-refractivity contribution is 6.32. The van der Waals surface area contributed by atoms with Crippen molar-refractivity contribution in [2.75, 3.05) is 12.3 Å². The molecule has 0 aliphatic carbocycles. The molecule has 0 radical (unpaired) electrons. The van der Waals surface area contributed by atoms with Crippen molar-refractivity contribution in [1.29, 1.82) is 0 Å². The predicted octanol–water partition coefficient (Wildman–Crippen LogP) is 6.02. The molecule has 2 aromatic heterocycles. The number of anilines is 1. The molecule has 3 aromatic carbocycles. The molecule has 0 spiro atoms. The molecule has 0 bridgehead atoms. The third-order valence-electron chi connectivity index (χ3n) is 6.22. The third-order valence-corrected chi connectivity index (χ3v) is 6.73. The lowest BCUT2D eigenvalue weighted by molar-refractivity contribution is 0.236. The van der Waals surface area contributed by atoms with E-state index in [0.29, 0.717) is 46.3 Å². The number of nitrogens with zero attached hydrogens (tertiary/aromatic N) is 2. The van der Waals surface area contributed by atoms with E-state index in [1.165, 1.54) is 0 Å². The topological polar surface area (TPSA) is 134 Å². The zero-order chi connectivity index (χ0) is 27.4. The summed E-state index contributed by atoms with van der Waals surface area (Å²) in [6.07, 6.45) is 0.495. The first kappa shape index (κ1) is 26.4. The number of carbonyl (C=O) groups is 1. The van der Waals surface area contributed by atoms with Crippen LogP contribution < -0.4 is 21.1 Å². The number of benzene rings is 3. The van der Waals surface area contributed by atoms with Gasteiger partial charge < -0.3 is 26.1 Å². The smallest absolute Gasteiger partial charge is 0.315 e. The second-order valence-corrected chi connectivity index (χ2v) is 9.72. The largest absolute Gasteiger partial charge is 0.494 e. The molecule has 0 unspecified atom stereocenters. The van der Waals surface area contributed by atoms with Gasteiger partial charge in [-0.15, -0.1) is 0 Å². The number of aromatic nitrogens is 4. The summed E-state index contributed by atoms with van der Waals surface area (Å²) in [4.78, 5) is 21.0. The highest BCUT2D eigenvalue weighted by atomic mass is 35.5. The van der Waals surface area contributed by atoms with Gasteiger partial charge in [-0.05, 0) is 49.2 Å². The quantitative estimate of drug-likeness (QED) is 0.149. The van der Waals surface area contributed by atoms with Crippen LogP contribution in [0.4, 0.5) is 10.6 Å². The lowest BCUT2D eigenvalue weighted by Gasteiger charge is -2.18. The van der Waals surface area contributed by atoms with Gasteiger partial charge >= 0.3 is 6.03 Å². The minimum Gasteiger partial charge on any atom is -0.494 e. The molecule has 0 saturated heterocycles. The number of rotatable bonds is 9. The third kappa shape index (κ3) is 6.10. The van der Waals surface area contributed by atoms with Gasteiger partial charge in [0.05, 0.1) is 18.2 Å².